The fourth-order valence-electron chi connectivity index (χ4n) is 1.94. The highest BCUT2D eigenvalue weighted by Crippen LogP contribution is 2.11. The van der Waals surface area contributed by atoms with E-state index in [1.54, 1.807) is 0 Å². The number of nitrogens with zero attached hydrogens (tertiary/aromatic N) is 2. The van der Waals surface area contributed by atoms with Crippen LogP contribution in [0.5, 0.6) is 0 Å². The molecule has 0 radical (unpaired) electrons. The van der Waals surface area contributed by atoms with Gasteiger partial charge in [-0.2, -0.15) is 0 Å². The molecule has 0 aliphatic carbocycles. The summed E-state index contributed by atoms with van der Waals surface area (Å²) in [5.41, 5.74) is 1.05. The van der Waals surface area contributed by atoms with E-state index in [2.05, 4.69) is 14.9 Å². The van der Waals surface area contributed by atoms with E-state index in [9.17, 15) is 0 Å². The van der Waals surface area contributed by atoms with E-state index in [-0.39, 0.29) is 13.1 Å². The molecule has 0 amide bonds. The van der Waals surface area contributed by atoms with E-state index in [0.717, 1.165) is 29.6 Å². The van der Waals surface area contributed by atoms with Gasteiger partial charge in [0, 0.05) is 25.0 Å². The standard InChI is InChI=1S/C13H19N3O2.CH2O2/c1-10-3-4-13(18-10)9-16(5-6-17)8-12-7-14-11(2)15-12;2-1-3/h3-4,7,17H,5-6,8-9H2,1-2H3,(H,14,15);1H,(H,2,3). The molecule has 0 aliphatic rings. The summed E-state index contributed by atoms with van der Waals surface area (Å²) < 4.78 is 5.55. The maximum atomic E-state index is 9.11. The number of aliphatic hydroxyl groups is 1. The van der Waals surface area contributed by atoms with Crippen LogP contribution < -0.4 is 0 Å². The largest absolute Gasteiger partial charge is 0.483 e. The second-order valence-corrected chi connectivity index (χ2v) is 4.55. The molecule has 0 bridgehead atoms. The maximum Gasteiger partial charge on any atom is 0.290 e. The molecule has 0 saturated heterocycles. The molecule has 0 atom stereocenters. The Morgan fingerprint density at radius 1 is 1.38 bits per heavy atom. The van der Waals surface area contributed by atoms with E-state index in [4.69, 9.17) is 19.4 Å². The number of furan rings is 1. The predicted molar refractivity (Wildman–Crippen MR) is 76.7 cm³/mol. The van der Waals surface area contributed by atoms with Gasteiger partial charge in [0.2, 0.25) is 0 Å². The molecule has 116 valence electrons. The molecule has 0 unspecified atom stereocenters. The lowest BCUT2D eigenvalue weighted by Crippen LogP contribution is -2.26. The predicted octanol–water partition coefficient (Wildman–Crippen LogP) is 1.31. The third kappa shape index (κ3) is 6.24. The summed E-state index contributed by atoms with van der Waals surface area (Å²) in [6.07, 6.45) is 1.83. The molecule has 2 heterocycles. The molecule has 2 rings (SSSR count). The zero-order chi connectivity index (χ0) is 15.7. The number of carbonyl (C=O) groups is 1. The summed E-state index contributed by atoms with van der Waals surface area (Å²) in [4.78, 5) is 17.8. The lowest BCUT2D eigenvalue weighted by Gasteiger charge is -2.19. The van der Waals surface area contributed by atoms with Gasteiger partial charge in [0.15, 0.2) is 0 Å². The molecule has 2 aromatic heterocycles. The Kier molecular flexibility index (Phi) is 7.20. The summed E-state index contributed by atoms with van der Waals surface area (Å²) in [6.45, 7) is 5.76. The third-order valence-corrected chi connectivity index (χ3v) is 2.74. The molecule has 3 N–H and O–H groups in total. The van der Waals surface area contributed by atoms with Gasteiger partial charge < -0.3 is 19.6 Å². The number of carboxylic acid groups (broad SMARTS) is 1. The summed E-state index contributed by atoms with van der Waals surface area (Å²) in [6, 6.07) is 3.92. The van der Waals surface area contributed by atoms with Gasteiger partial charge in [0.1, 0.15) is 17.3 Å². The minimum Gasteiger partial charge on any atom is -0.483 e. The van der Waals surface area contributed by atoms with Gasteiger partial charge in [0.25, 0.3) is 6.47 Å². The fraction of sp³-hybridized carbons (Fsp3) is 0.429. The minimum absolute atomic E-state index is 0.132. The molecule has 7 nitrogen and oxygen atoms in total. The number of nitrogens with one attached hydrogen (secondary N) is 1. The third-order valence-electron chi connectivity index (χ3n) is 2.74. The molecular formula is C14H21N3O4. The van der Waals surface area contributed by atoms with Crippen molar-refractivity contribution in [2.24, 2.45) is 0 Å². The SMILES string of the molecule is Cc1ncc(CN(CCO)Cc2ccc(C)o2)[nH]1.O=CO. The summed E-state index contributed by atoms with van der Waals surface area (Å²) in [5, 5.41) is 16.0. The Labute approximate surface area is 123 Å². The molecular weight excluding hydrogens is 274 g/mol. The van der Waals surface area contributed by atoms with Crippen LogP contribution in [-0.4, -0.2) is 44.7 Å². The summed E-state index contributed by atoms with van der Waals surface area (Å²) in [7, 11) is 0. The number of rotatable bonds is 6. The first-order valence-electron chi connectivity index (χ1n) is 6.56. The zero-order valence-corrected chi connectivity index (χ0v) is 12.2. The van der Waals surface area contributed by atoms with Crippen LogP contribution in [0.1, 0.15) is 23.0 Å². The molecule has 21 heavy (non-hydrogen) atoms. The van der Waals surface area contributed by atoms with E-state index in [1.807, 2.05) is 32.2 Å². The number of aromatic nitrogens is 2. The molecule has 0 spiro atoms. The Balaban J connectivity index is 0.000000677. The van der Waals surface area contributed by atoms with Crippen LogP contribution >= 0.6 is 0 Å². The molecule has 0 saturated carbocycles. The first kappa shape index (κ1) is 16.9. The maximum absolute atomic E-state index is 9.11. The number of imidazole rings is 1. The van der Waals surface area contributed by atoms with E-state index >= 15 is 0 Å². The molecule has 7 heteroatoms. The van der Waals surface area contributed by atoms with Crippen LogP contribution in [0, 0.1) is 13.8 Å². The normalized spacial score (nSPS) is 10.3. The highest BCUT2D eigenvalue weighted by atomic mass is 16.3. The number of aromatic amines is 1. The number of aliphatic hydroxyl groups excluding tert-OH is 1. The Morgan fingerprint density at radius 3 is 2.57 bits per heavy atom. The van der Waals surface area contributed by atoms with Crippen molar-refractivity contribution < 1.29 is 19.4 Å². The van der Waals surface area contributed by atoms with Gasteiger partial charge in [-0.1, -0.05) is 0 Å². The second kappa shape index (κ2) is 8.93. The molecule has 2 aromatic rings. The molecule has 0 aromatic carbocycles. The van der Waals surface area contributed by atoms with Crippen molar-refractivity contribution in [1.82, 2.24) is 14.9 Å². The topological polar surface area (TPSA) is 103 Å². The van der Waals surface area contributed by atoms with Crippen LogP contribution in [-0.2, 0) is 17.9 Å². The van der Waals surface area contributed by atoms with Crippen molar-refractivity contribution in [3.63, 3.8) is 0 Å². The van der Waals surface area contributed by atoms with E-state index in [0.29, 0.717) is 13.1 Å². The van der Waals surface area contributed by atoms with Crippen LogP contribution in [0.4, 0.5) is 0 Å². The van der Waals surface area contributed by atoms with Crippen molar-refractivity contribution in [1.29, 1.82) is 0 Å². The van der Waals surface area contributed by atoms with Crippen LogP contribution in [0.3, 0.4) is 0 Å². The highest BCUT2D eigenvalue weighted by molar-refractivity contribution is 5.32. The number of hydrogen-bond donors (Lipinski definition) is 3. The van der Waals surface area contributed by atoms with E-state index in [1.165, 1.54) is 0 Å². The average Bonchev–Trinajstić information content (AvgIpc) is 3.00. The van der Waals surface area contributed by atoms with E-state index < -0.39 is 0 Å². The lowest BCUT2D eigenvalue weighted by molar-refractivity contribution is -0.122. The van der Waals surface area contributed by atoms with Crippen molar-refractivity contribution >= 4 is 6.47 Å². The van der Waals surface area contributed by atoms with Crippen molar-refractivity contribution in [2.45, 2.75) is 26.9 Å². The Morgan fingerprint density at radius 2 is 2.10 bits per heavy atom. The highest BCUT2D eigenvalue weighted by Gasteiger charge is 2.10. The molecule has 0 aliphatic heterocycles. The number of hydrogen-bond acceptors (Lipinski definition) is 5. The lowest BCUT2D eigenvalue weighted by atomic mass is 10.3. The quantitative estimate of drug-likeness (QED) is 0.694. The van der Waals surface area contributed by atoms with Crippen LogP contribution in [0.25, 0.3) is 0 Å². The van der Waals surface area contributed by atoms with Gasteiger partial charge in [0.05, 0.1) is 13.2 Å². The Bertz CT molecular complexity index is 494. The van der Waals surface area contributed by atoms with Gasteiger partial charge >= 0.3 is 0 Å². The van der Waals surface area contributed by atoms with Gasteiger partial charge in [-0.25, -0.2) is 4.98 Å². The monoisotopic (exact) mass is 295 g/mol. The molecule has 0 fully saturated rings. The van der Waals surface area contributed by atoms with Crippen molar-refractivity contribution in [2.75, 3.05) is 13.2 Å². The zero-order valence-electron chi connectivity index (χ0n) is 12.2. The van der Waals surface area contributed by atoms with Gasteiger partial charge in [-0.05, 0) is 26.0 Å². The number of H-pyrrole nitrogens is 1. The van der Waals surface area contributed by atoms with Crippen LogP contribution in [0.2, 0.25) is 0 Å². The van der Waals surface area contributed by atoms with Gasteiger partial charge in [-0.15, -0.1) is 0 Å². The summed E-state index contributed by atoms with van der Waals surface area (Å²) in [5.74, 6) is 2.73. The summed E-state index contributed by atoms with van der Waals surface area (Å²) >= 11 is 0. The van der Waals surface area contributed by atoms with Crippen molar-refractivity contribution in [3.8, 4) is 0 Å². The minimum atomic E-state index is -0.250. The second-order valence-electron chi connectivity index (χ2n) is 4.55. The van der Waals surface area contributed by atoms with Gasteiger partial charge in [-0.3, -0.25) is 9.69 Å². The van der Waals surface area contributed by atoms with Crippen molar-refractivity contribution in [3.05, 3.63) is 41.4 Å². The first-order chi connectivity index (χ1) is 10.1. The average molecular weight is 295 g/mol. The number of aryl methyl sites for hydroxylation is 2. The van der Waals surface area contributed by atoms with Crippen LogP contribution in [0.15, 0.2) is 22.7 Å². The Hall–Kier alpha value is -2.12. The smallest absolute Gasteiger partial charge is 0.290 e. The fourth-order valence-corrected chi connectivity index (χ4v) is 1.94. The first-order valence-corrected chi connectivity index (χ1v) is 6.56.